The van der Waals surface area contributed by atoms with Gasteiger partial charge in [0.1, 0.15) is 0 Å². The summed E-state index contributed by atoms with van der Waals surface area (Å²) in [5, 5.41) is 8.44. The highest BCUT2D eigenvalue weighted by molar-refractivity contribution is 5.89. The minimum absolute atomic E-state index is 0.597. The van der Waals surface area contributed by atoms with Gasteiger partial charge in [-0.3, -0.25) is 0 Å². The predicted molar refractivity (Wildman–Crippen MR) is 62.0 cm³/mol. The van der Waals surface area contributed by atoms with Gasteiger partial charge in [0.25, 0.3) is 0 Å². The molecular formula is C13H10O4. The highest BCUT2D eigenvalue weighted by Gasteiger charge is 1.92. The molecule has 4 heteroatoms. The van der Waals surface area contributed by atoms with Crippen molar-refractivity contribution < 1.29 is 19.4 Å². The Bertz CT molecular complexity index is 500. The van der Waals surface area contributed by atoms with Crippen molar-refractivity contribution >= 4 is 18.0 Å². The highest BCUT2D eigenvalue weighted by atomic mass is 16.5. The third-order valence-corrected chi connectivity index (χ3v) is 1.82. The van der Waals surface area contributed by atoms with E-state index in [-0.39, 0.29) is 0 Å². The second kappa shape index (κ2) is 6.13. The average Bonchev–Trinajstić information content (AvgIpc) is 2.34. The van der Waals surface area contributed by atoms with Crippen LogP contribution in [0, 0.1) is 11.8 Å². The maximum absolute atomic E-state index is 10.8. The molecule has 0 saturated heterocycles. The summed E-state index contributed by atoms with van der Waals surface area (Å²) in [6, 6.07) is 6.80. The summed E-state index contributed by atoms with van der Waals surface area (Å²) in [5.74, 6) is 3.32. The van der Waals surface area contributed by atoms with Crippen LogP contribution in [-0.2, 0) is 14.3 Å². The molecule has 0 fully saturated rings. The molecule has 0 spiro atoms. The van der Waals surface area contributed by atoms with E-state index in [1.165, 1.54) is 13.2 Å². The van der Waals surface area contributed by atoms with Crippen LogP contribution < -0.4 is 0 Å². The third kappa shape index (κ3) is 4.67. The van der Waals surface area contributed by atoms with Crippen LogP contribution in [0.4, 0.5) is 0 Å². The highest BCUT2D eigenvalue weighted by Crippen LogP contribution is 2.05. The maximum atomic E-state index is 10.8. The maximum Gasteiger partial charge on any atom is 0.384 e. The Morgan fingerprint density at radius 1 is 1.29 bits per heavy atom. The molecule has 0 amide bonds. The monoisotopic (exact) mass is 230 g/mol. The molecule has 0 unspecified atom stereocenters. The summed E-state index contributed by atoms with van der Waals surface area (Å²) in [5.41, 5.74) is 1.40. The Hall–Kier alpha value is -2.54. The largest absolute Gasteiger partial charge is 0.478 e. The van der Waals surface area contributed by atoms with Crippen molar-refractivity contribution in [1.29, 1.82) is 0 Å². The summed E-state index contributed by atoms with van der Waals surface area (Å²) in [7, 11) is 1.26. The lowest BCUT2D eigenvalue weighted by molar-refractivity contribution is -0.134. The van der Waals surface area contributed by atoms with E-state index < -0.39 is 11.9 Å². The summed E-state index contributed by atoms with van der Waals surface area (Å²) in [4.78, 5) is 21.0. The Morgan fingerprint density at radius 2 is 1.94 bits per heavy atom. The van der Waals surface area contributed by atoms with Gasteiger partial charge in [0.15, 0.2) is 0 Å². The lowest BCUT2D eigenvalue weighted by atomic mass is 10.1. The molecule has 17 heavy (non-hydrogen) atoms. The number of carboxylic acid groups (broad SMARTS) is 1. The fourth-order valence-corrected chi connectivity index (χ4v) is 1.02. The van der Waals surface area contributed by atoms with E-state index in [4.69, 9.17) is 5.11 Å². The van der Waals surface area contributed by atoms with Crippen molar-refractivity contribution in [2.24, 2.45) is 0 Å². The van der Waals surface area contributed by atoms with Crippen molar-refractivity contribution in [2.75, 3.05) is 7.11 Å². The molecule has 0 radical (unpaired) electrons. The van der Waals surface area contributed by atoms with Gasteiger partial charge in [-0.15, -0.1) is 0 Å². The van der Waals surface area contributed by atoms with Gasteiger partial charge in [-0.1, -0.05) is 18.1 Å². The molecule has 0 aliphatic heterocycles. The minimum Gasteiger partial charge on any atom is -0.478 e. The standard InChI is InChI=1S/C13H10O4/c1-17-13(16)9-7-11-4-2-10(3-5-11)6-8-12(14)15/h2-6,8H,1H3,(H,14,15)/b8-6+. The average molecular weight is 230 g/mol. The van der Waals surface area contributed by atoms with E-state index in [1.807, 2.05) is 0 Å². The van der Waals surface area contributed by atoms with E-state index in [0.29, 0.717) is 5.56 Å². The first-order valence-corrected chi connectivity index (χ1v) is 4.73. The quantitative estimate of drug-likeness (QED) is 0.472. The fourth-order valence-electron chi connectivity index (χ4n) is 1.02. The summed E-state index contributed by atoms with van der Waals surface area (Å²) >= 11 is 0. The summed E-state index contributed by atoms with van der Waals surface area (Å²) in [6.45, 7) is 0. The Balaban J connectivity index is 2.77. The number of hydrogen-bond acceptors (Lipinski definition) is 3. The molecule has 4 nitrogen and oxygen atoms in total. The number of carbonyl (C=O) groups excluding carboxylic acids is 1. The molecule has 86 valence electrons. The zero-order valence-electron chi connectivity index (χ0n) is 9.14. The number of methoxy groups -OCH3 is 1. The summed E-state index contributed by atoms with van der Waals surface area (Å²) < 4.78 is 4.37. The molecule has 0 atom stereocenters. The van der Waals surface area contributed by atoms with Crippen LogP contribution in [0.3, 0.4) is 0 Å². The van der Waals surface area contributed by atoms with Crippen molar-refractivity contribution in [1.82, 2.24) is 0 Å². The predicted octanol–water partition coefficient (Wildman–Crippen LogP) is 1.31. The number of rotatable bonds is 2. The van der Waals surface area contributed by atoms with Gasteiger partial charge >= 0.3 is 11.9 Å². The van der Waals surface area contributed by atoms with E-state index in [0.717, 1.165) is 11.6 Å². The molecule has 0 bridgehead atoms. The van der Waals surface area contributed by atoms with Crippen molar-refractivity contribution in [3.05, 3.63) is 41.5 Å². The summed E-state index contributed by atoms with van der Waals surface area (Å²) in [6.07, 6.45) is 2.52. The first kappa shape index (κ1) is 12.5. The number of aliphatic carboxylic acids is 1. The van der Waals surface area contributed by atoms with Gasteiger partial charge in [0, 0.05) is 17.6 Å². The molecule has 1 aromatic rings. The van der Waals surface area contributed by atoms with Crippen LogP contribution in [0.5, 0.6) is 0 Å². The number of benzene rings is 1. The van der Waals surface area contributed by atoms with Gasteiger partial charge in [0.05, 0.1) is 7.11 Å². The zero-order chi connectivity index (χ0) is 12.7. The van der Waals surface area contributed by atoms with Crippen molar-refractivity contribution in [3.8, 4) is 11.8 Å². The second-order valence-electron chi connectivity index (χ2n) is 3.04. The number of hydrogen-bond donors (Lipinski definition) is 1. The Morgan fingerprint density at radius 3 is 2.47 bits per heavy atom. The van der Waals surface area contributed by atoms with E-state index in [1.54, 1.807) is 24.3 Å². The number of carbonyl (C=O) groups is 2. The molecule has 1 aromatic carbocycles. The SMILES string of the molecule is COC(=O)C#Cc1ccc(/C=C/C(=O)O)cc1. The topological polar surface area (TPSA) is 63.6 Å². The van der Waals surface area contributed by atoms with Gasteiger partial charge < -0.3 is 9.84 Å². The van der Waals surface area contributed by atoms with E-state index >= 15 is 0 Å². The van der Waals surface area contributed by atoms with Crippen LogP contribution in [0.15, 0.2) is 30.3 Å². The molecule has 0 aromatic heterocycles. The normalized spacial score (nSPS) is 9.47. The van der Waals surface area contributed by atoms with Gasteiger partial charge in [-0.05, 0) is 23.8 Å². The second-order valence-corrected chi connectivity index (χ2v) is 3.04. The molecular weight excluding hydrogens is 220 g/mol. The number of esters is 1. The van der Waals surface area contributed by atoms with E-state index in [2.05, 4.69) is 16.6 Å². The zero-order valence-corrected chi connectivity index (χ0v) is 9.14. The smallest absolute Gasteiger partial charge is 0.384 e. The molecule has 0 aliphatic carbocycles. The van der Waals surface area contributed by atoms with E-state index in [9.17, 15) is 9.59 Å². The molecule has 0 heterocycles. The molecule has 0 aliphatic rings. The molecule has 0 saturated carbocycles. The van der Waals surface area contributed by atoms with Crippen LogP contribution in [0.2, 0.25) is 0 Å². The lowest BCUT2D eigenvalue weighted by Gasteiger charge is -1.93. The Labute approximate surface area is 98.5 Å². The van der Waals surface area contributed by atoms with Gasteiger partial charge in [-0.25, -0.2) is 9.59 Å². The number of carboxylic acids is 1. The number of ether oxygens (including phenoxy) is 1. The molecule has 1 rings (SSSR count). The first-order chi connectivity index (χ1) is 8.11. The van der Waals surface area contributed by atoms with Crippen LogP contribution >= 0.6 is 0 Å². The van der Waals surface area contributed by atoms with Crippen LogP contribution in [0.1, 0.15) is 11.1 Å². The first-order valence-electron chi connectivity index (χ1n) is 4.73. The third-order valence-electron chi connectivity index (χ3n) is 1.82. The van der Waals surface area contributed by atoms with Gasteiger partial charge in [0.2, 0.25) is 0 Å². The van der Waals surface area contributed by atoms with Gasteiger partial charge in [-0.2, -0.15) is 0 Å². The Kier molecular flexibility index (Phi) is 4.52. The molecule has 1 N–H and O–H groups in total. The lowest BCUT2D eigenvalue weighted by Crippen LogP contribution is -1.94. The van der Waals surface area contributed by atoms with Crippen LogP contribution in [0.25, 0.3) is 6.08 Å². The van der Waals surface area contributed by atoms with Crippen LogP contribution in [-0.4, -0.2) is 24.2 Å². The fraction of sp³-hybridized carbons (Fsp3) is 0.0769. The van der Waals surface area contributed by atoms with Crippen molar-refractivity contribution in [3.63, 3.8) is 0 Å². The minimum atomic E-state index is -1.00. The van der Waals surface area contributed by atoms with Crippen molar-refractivity contribution in [2.45, 2.75) is 0 Å².